The molecule has 1 unspecified atom stereocenters. The molecule has 1 atom stereocenters. The number of sulfonamides is 1. The van der Waals surface area contributed by atoms with Gasteiger partial charge in [-0.3, -0.25) is 24.6 Å². The van der Waals surface area contributed by atoms with Crippen LogP contribution < -0.4 is 25.6 Å². The molecule has 1 aromatic heterocycles. The number of fused-ring (bicyclic) bond motifs is 1. The van der Waals surface area contributed by atoms with Crippen molar-refractivity contribution in [3.8, 4) is 0 Å². The number of anilines is 5. The summed E-state index contributed by atoms with van der Waals surface area (Å²) >= 11 is 0. The summed E-state index contributed by atoms with van der Waals surface area (Å²) in [5, 5.41) is 8.78. The Morgan fingerprint density at radius 2 is 1.70 bits per heavy atom. The van der Waals surface area contributed by atoms with Gasteiger partial charge in [0.15, 0.2) is 0 Å². The highest BCUT2D eigenvalue weighted by Crippen LogP contribution is 2.32. The van der Waals surface area contributed by atoms with Crippen LogP contribution in [-0.2, 0) is 32.7 Å². The zero-order valence-electron chi connectivity index (χ0n) is 32.7. The molecule has 4 N–H and O–H groups in total. The fraction of sp³-hybridized carbons (Fsp3) is 0.390. The molecule has 4 aromatic rings. The van der Waals surface area contributed by atoms with E-state index in [1.807, 2.05) is 26.1 Å². The van der Waals surface area contributed by atoms with Crippen LogP contribution in [0.5, 0.6) is 0 Å². The van der Waals surface area contributed by atoms with Crippen molar-refractivity contribution in [3.05, 3.63) is 94.9 Å². The molecule has 14 nitrogen and oxygen atoms in total. The number of carbonyl (C=O) groups is 3. The first-order valence-electron chi connectivity index (χ1n) is 19.1. The van der Waals surface area contributed by atoms with Gasteiger partial charge in [0, 0.05) is 83.1 Å². The van der Waals surface area contributed by atoms with Gasteiger partial charge in [-0.25, -0.2) is 22.5 Å². The van der Waals surface area contributed by atoms with E-state index in [4.69, 9.17) is 0 Å². The minimum Gasteiger partial charge on any atom is -0.371 e. The number of aryl methyl sites for hydroxylation is 1. The Morgan fingerprint density at radius 1 is 0.965 bits per heavy atom. The molecule has 2 fully saturated rings. The van der Waals surface area contributed by atoms with Gasteiger partial charge < -0.3 is 20.4 Å². The number of carbonyl (C=O) groups excluding carboxylic acids is 3. The Labute approximate surface area is 332 Å². The van der Waals surface area contributed by atoms with Crippen LogP contribution in [0.15, 0.2) is 71.8 Å². The Balaban J connectivity index is 0.925. The number of hydrogen-bond donors (Lipinski definition) is 4. The zero-order valence-corrected chi connectivity index (χ0v) is 33.5. The Morgan fingerprint density at radius 3 is 2.40 bits per heavy atom. The first kappa shape index (κ1) is 39.8. The largest absolute Gasteiger partial charge is 0.371 e. The zero-order chi connectivity index (χ0) is 40.6. The average Bonchev–Trinajstić information content (AvgIpc) is 3.50. The van der Waals surface area contributed by atoms with E-state index in [9.17, 15) is 22.8 Å². The molecule has 3 aliphatic rings. The number of nitrogens with zero attached hydrogens (tertiary/aromatic N) is 5. The van der Waals surface area contributed by atoms with Crippen molar-refractivity contribution < 1.29 is 27.2 Å². The highest BCUT2D eigenvalue weighted by Gasteiger charge is 2.40. The topological polar surface area (TPSA) is 169 Å². The standard InChI is InChI=1S/C41H48FN9O5S/c1-25-22-43-40(47-37(25)44-28-7-6-8-31(21-28)57(55,56)48-41(2,3)4)45-27-10-12-30(13-11-27)50-19-17-29(18-20-50)49(5)23-26-9-14-32-33(36(26)42)24-51(39(32)54)34-15-16-35(52)46-38(34)53/h6-14,21-22,29,34,48H,15-20,23-24H2,1-5H3,(H,46,52,53)(H2,43,44,45,47). The summed E-state index contributed by atoms with van der Waals surface area (Å²) in [5.74, 6) is -0.746. The number of hydrogen-bond acceptors (Lipinski definition) is 11. The number of imide groups is 1. The highest BCUT2D eigenvalue weighted by atomic mass is 32.2. The van der Waals surface area contributed by atoms with Gasteiger partial charge in [-0.15, -0.1) is 0 Å². The second kappa shape index (κ2) is 15.8. The molecule has 16 heteroatoms. The van der Waals surface area contributed by atoms with Gasteiger partial charge in [-0.2, -0.15) is 4.98 Å². The summed E-state index contributed by atoms with van der Waals surface area (Å²) in [5.41, 5.74) is 3.72. The van der Waals surface area contributed by atoms with E-state index >= 15 is 4.39 Å². The molecule has 3 aliphatic heterocycles. The summed E-state index contributed by atoms with van der Waals surface area (Å²) in [6.45, 7) is 9.30. The minimum absolute atomic E-state index is 0.00799. The molecule has 4 heterocycles. The minimum atomic E-state index is -3.71. The molecular formula is C41H48FN9O5S. The summed E-state index contributed by atoms with van der Waals surface area (Å²) in [6.07, 6.45) is 3.86. The summed E-state index contributed by atoms with van der Waals surface area (Å²) in [6, 6.07) is 17.4. The highest BCUT2D eigenvalue weighted by molar-refractivity contribution is 7.89. The number of piperidine rings is 2. The van der Waals surface area contributed by atoms with Crippen LogP contribution in [0.3, 0.4) is 0 Å². The molecule has 300 valence electrons. The number of amides is 3. The number of rotatable bonds is 11. The molecular weight excluding hydrogens is 750 g/mol. The fourth-order valence-corrected chi connectivity index (χ4v) is 9.05. The van der Waals surface area contributed by atoms with Crippen molar-refractivity contribution in [3.63, 3.8) is 0 Å². The summed E-state index contributed by atoms with van der Waals surface area (Å²) < 4.78 is 44.3. The van der Waals surface area contributed by atoms with Gasteiger partial charge in [0.1, 0.15) is 17.7 Å². The Bertz CT molecular complexity index is 2310. The quantitative estimate of drug-likeness (QED) is 0.145. The van der Waals surface area contributed by atoms with E-state index in [1.54, 1.807) is 63.4 Å². The lowest BCUT2D eigenvalue weighted by Crippen LogP contribution is -2.52. The number of benzene rings is 3. The van der Waals surface area contributed by atoms with Gasteiger partial charge in [-0.05, 0) is 103 Å². The number of aromatic nitrogens is 2. The van der Waals surface area contributed by atoms with Crippen LogP contribution in [0.4, 0.5) is 33.2 Å². The van der Waals surface area contributed by atoms with Crippen molar-refractivity contribution in [2.45, 2.75) is 89.0 Å². The van der Waals surface area contributed by atoms with Crippen molar-refractivity contribution in [1.29, 1.82) is 0 Å². The van der Waals surface area contributed by atoms with Crippen LogP contribution in [-0.4, -0.2) is 83.7 Å². The van der Waals surface area contributed by atoms with E-state index < -0.39 is 33.3 Å². The number of nitrogens with one attached hydrogen (secondary N) is 4. The molecule has 2 saturated heterocycles. The van der Waals surface area contributed by atoms with Crippen molar-refractivity contribution in [1.82, 2.24) is 29.8 Å². The second-order valence-corrected chi connectivity index (χ2v) is 17.7. The predicted octanol–water partition coefficient (Wildman–Crippen LogP) is 5.35. The molecule has 0 spiro atoms. The van der Waals surface area contributed by atoms with E-state index in [-0.39, 0.29) is 47.7 Å². The summed E-state index contributed by atoms with van der Waals surface area (Å²) in [4.78, 5) is 52.2. The third kappa shape index (κ3) is 8.92. The molecule has 3 aromatic carbocycles. The SMILES string of the molecule is Cc1cnc(Nc2ccc(N3CCC(N(C)Cc4ccc5c(c4F)CN(C4CCC(=O)NC4=O)C5=O)CC3)cc2)nc1Nc1cccc(S(=O)(=O)NC(C)(C)C)c1. The van der Waals surface area contributed by atoms with Crippen molar-refractivity contribution in [2.75, 3.05) is 35.7 Å². The van der Waals surface area contributed by atoms with Crippen LogP contribution >= 0.6 is 0 Å². The van der Waals surface area contributed by atoms with Crippen LogP contribution in [0, 0.1) is 12.7 Å². The molecule has 0 aliphatic carbocycles. The Hall–Kier alpha value is -5.45. The maximum absolute atomic E-state index is 15.8. The smallest absolute Gasteiger partial charge is 0.255 e. The third-order valence-electron chi connectivity index (χ3n) is 10.5. The maximum atomic E-state index is 15.8. The normalized spacial score (nSPS) is 17.9. The Kier molecular flexibility index (Phi) is 11.0. The lowest BCUT2D eigenvalue weighted by atomic mass is 10.0. The first-order valence-corrected chi connectivity index (χ1v) is 20.5. The lowest BCUT2D eigenvalue weighted by Gasteiger charge is -2.38. The fourth-order valence-electron chi connectivity index (χ4n) is 7.59. The van der Waals surface area contributed by atoms with E-state index in [0.29, 0.717) is 35.1 Å². The third-order valence-corrected chi connectivity index (χ3v) is 12.3. The number of halogens is 1. The van der Waals surface area contributed by atoms with E-state index in [2.05, 4.69) is 52.6 Å². The monoisotopic (exact) mass is 797 g/mol. The van der Waals surface area contributed by atoms with Gasteiger partial charge >= 0.3 is 0 Å². The summed E-state index contributed by atoms with van der Waals surface area (Å²) in [7, 11) is -1.72. The van der Waals surface area contributed by atoms with Gasteiger partial charge in [0.2, 0.25) is 27.8 Å². The molecule has 0 saturated carbocycles. The first-order chi connectivity index (χ1) is 27.0. The molecule has 0 bridgehead atoms. The molecule has 57 heavy (non-hydrogen) atoms. The average molecular weight is 798 g/mol. The van der Waals surface area contributed by atoms with Crippen molar-refractivity contribution >= 4 is 56.6 Å². The molecule has 0 radical (unpaired) electrons. The second-order valence-electron chi connectivity index (χ2n) is 16.0. The van der Waals surface area contributed by atoms with Gasteiger partial charge in [0.25, 0.3) is 5.91 Å². The van der Waals surface area contributed by atoms with E-state index in [1.165, 1.54) is 4.90 Å². The van der Waals surface area contributed by atoms with Crippen LogP contribution in [0.2, 0.25) is 0 Å². The van der Waals surface area contributed by atoms with Gasteiger partial charge in [0.05, 0.1) is 11.4 Å². The van der Waals surface area contributed by atoms with Gasteiger partial charge in [-0.1, -0.05) is 12.1 Å². The van der Waals surface area contributed by atoms with E-state index in [0.717, 1.165) is 42.9 Å². The maximum Gasteiger partial charge on any atom is 0.255 e. The predicted molar refractivity (Wildman–Crippen MR) is 215 cm³/mol. The van der Waals surface area contributed by atoms with Crippen LogP contribution in [0.1, 0.15) is 73.5 Å². The van der Waals surface area contributed by atoms with Crippen LogP contribution in [0.25, 0.3) is 0 Å². The lowest BCUT2D eigenvalue weighted by molar-refractivity contribution is -0.136. The molecule has 3 amide bonds. The molecule has 7 rings (SSSR count). The van der Waals surface area contributed by atoms with Crippen molar-refractivity contribution in [2.24, 2.45) is 0 Å².